The predicted octanol–water partition coefficient (Wildman–Crippen LogP) is 1.86. The molecule has 0 aromatic carbocycles. The standard InChI is InChI=1S/C13H21BrN4/c1-11-9-12(14)10-17-13(11)16-3-2-6-18-7-4-15-5-8-18/h9-10,15H,2-8H2,1H3,(H,16,17). The van der Waals surface area contributed by atoms with Gasteiger partial charge in [0.1, 0.15) is 5.82 Å². The fraction of sp³-hybridized carbons (Fsp3) is 0.615. The molecule has 0 saturated carbocycles. The van der Waals surface area contributed by atoms with Crippen LogP contribution in [0.4, 0.5) is 5.82 Å². The molecule has 0 unspecified atom stereocenters. The van der Waals surface area contributed by atoms with Gasteiger partial charge < -0.3 is 15.5 Å². The maximum absolute atomic E-state index is 4.38. The van der Waals surface area contributed by atoms with Crippen molar-refractivity contribution in [1.82, 2.24) is 15.2 Å². The Morgan fingerprint density at radius 1 is 1.44 bits per heavy atom. The highest BCUT2D eigenvalue weighted by atomic mass is 79.9. The Labute approximate surface area is 117 Å². The van der Waals surface area contributed by atoms with Crippen LogP contribution >= 0.6 is 15.9 Å². The maximum Gasteiger partial charge on any atom is 0.128 e. The highest BCUT2D eigenvalue weighted by Crippen LogP contribution is 2.16. The first-order valence-electron chi connectivity index (χ1n) is 6.55. The van der Waals surface area contributed by atoms with Gasteiger partial charge in [-0.1, -0.05) is 0 Å². The highest BCUT2D eigenvalue weighted by molar-refractivity contribution is 9.10. The van der Waals surface area contributed by atoms with Crippen molar-refractivity contribution in [2.75, 3.05) is 44.6 Å². The van der Waals surface area contributed by atoms with Gasteiger partial charge in [-0.25, -0.2) is 4.98 Å². The number of anilines is 1. The second-order valence-corrected chi connectivity index (χ2v) is 5.61. The van der Waals surface area contributed by atoms with Gasteiger partial charge in [-0.2, -0.15) is 0 Å². The summed E-state index contributed by atoms with van der Waals surface area (Å²) in [5, 5.41) is 6.78. The number of nitrogens with zero attached hydrogens (tertiary/aromatic N) is 2. The number of pyridine rings is 1. The molecule has 100 valence electrons. The Hall–Kier alpha value is -0.650. The molecule has 1 aliphatic rings. The molecule has 1 aromatic heterocycles. The SMILES string of the molecule is Cc1cc(Br)cnc1NCCCN1CCNCC1. The van der Waals surface area contributed by atoms with Gasteiger partial charge >= 0.3 is 0 Å². The van der Waals surface area contributed by atoms with E-state index < -0.39 is 0 Å². The molecule has 2 N–H and O–H groups in total. The Morgan fingerprint density at radius 3 is 2.94 bits per heavy atom. The van der Waals surface area contributed by atoms with E-state index in [1.54, 1.807) is 0 Å². The van der Waals surface area contributed by atoms with Gasteiger partial charge in [0.05, 0.1) is 0 Å². The average Bonchev–Trinajstić information content (AvgIpc) is 2.38. The molecule has 2 heterocycles. The fourth-order valence-corrected chi connectivity index (χ4v) is 2.62. The van der Waals surface area contributed by atoms with E-state index in [4.69, 9.17) is 0 Å². The van der Waals surface area contributed by atoms with Gasteiger partial charge in [0.2, 0.25) is 0 Å². The zero-order valence-electron chi connectivity index (χ0n) is 10.9. The van der Waals surface area contributed by atoms with Crippen LogP contribution in [0.15, 0.2) is 16.7 Å². The zero-order valence-corrected chi connectivity index (χ0v) is 12.5. The van der Waals surface area contributed by atoms with Gasteiger partial charge in [-0.05, 0) is 47.4 Å². The Balaban J connectivity index is 1.68. The minimum Gasteiger partial charge on any atom is -0.370 e. The molecule has 5 heteroatoms. The van der Waals surface area contributed by atoms with Crippen molar-refractivity contribution in [2.24, 2.45) is 0 Å². The number of aromatic nitrogens is 1. The number of rotatable bonds is 5. The van der Waals surface area contributed by atoms with E-state index in [0.717, 1.165) is 36.3 Å². The van der Waals surface area contributed by atoms with E-state index in [1.165, 1.54) is 25.2 Å². The number of piperazine rings is 1. The number of nitrogens with one attached hydrogen (secondary N) is 2. The molecule has 0 bridgehead atoms. The van der Waals surface area contributed by atoms with Crippen LogP contribution in [0.1, 0.15) is 12.0 Å². The molecular weight excluding hydrogens is 292 g/mol. The van der Waals surface area contributed by atoms with Crippen molar-refractivity contribution in [2.45, 2.75) is 13.3 Å². The molecule has 18 heavy (non-hydrogen) atoms. The second kappa shape index (κ2) is 7.07. The average molecular weight is 313 g/mol. The van der Waals surface area contributed by atoms with E-state index in [0.29, 0.717) is 0 Å². The lowest BCUT2D eigenvalue weighted by Gasteiger charge is -2.27. The van der Waals surface area contributed by atoms with Crippen LogP contribution in [-0.2, 0) is 0 Å². The van der Waals surface area contributed by atoms with Crippen LogP contribution in [0.3, 0.4) is 0 Å². The van der Waals surface area contributed by atoms with Gasteiger partial charge in [0.15, 0.2) is 0 Å². The van der Waals surface area contributed by atoms with Crippen molar-refractivity contribution < 1.29 is 0 Å². The van der Waals surface area contributed by atoms with Gasteiger partial charge in [-0.3, -0.25) is 0 Å². The lowest BCUT2D eigenvalue weighted by atomic mass is 10.3. The first-order valence-corrected chi connectivity index (χ1v) is 7.34. The van der Waals surface area contributed by atoms with Crippen molar-refractivity contribution in [3.05, 3.63) is 22.3 Å². The Kier molecular flexibility index (Phi) is 5.41. The summed E-state index contributed by atoms with van der Waals surface area (Å²) in [6.07, 6.45) is 3.00. The fourth-order valence-electron chi connectivity index (χ4n) is 2.17. The molecule has 0 aliphatic carbocycles. The second-order valence-electron chi connectivity index (χ2n) is 4.69. The van der Waals surface area contributed by atoms with Crippen LogP contribution in [0, 0.1) is 6.92 Å². The number of hydrogen-bond acceptors (Lipinski definition) is 4. The van der Waals surface area contributed by atoms with Crippen molar-refractivity contribution in [3.63, 3.8) is 0 Å². The minimum absolute atomic E-state index is 0.986. The summed E-state index contributed by atoms with van der Waals surface area (Å²) in [7, 11) is 0. The smallest absolute Gasteiger partial charge is 0.128 e. The van der Waals surface area contributed by atoms with Crippen LogP contribution in [0.5, 0.6) is 0 Å². The molecular formula is C13H21BrN4. The van der Waals surface area contributed by atoms with E-state index >= 15 is 0 Å². The number of aryl methyl sites for hydroxylation is 1. The number of hydrogen-bond donors (Lipinski definition) is 2. The van der Waals surface area contributed by atoms with Crippen molar-refractivity contribution >= 4 is 21.7 Å². The van der Waals surface area contributed by atoms with E-state index in [2.05, 4.69) is 49.4 Å². The Morgan fingerprint density at radius 2 is 2.22 bits per heavy atom. The van der Waals surface area contributed by atoms with E-state index in [1.807, 2.05) is 6.20 Å². The summed E-state index contributed by atoms with van der Waals surface area (Å²) in [5.41, 5.74) is 1.19. The summed E-state index contributed by atoms with van der Waals surface area (Å²) < 4.78 is 1.03. The molecule has 1 saturated heterocycles. The van der Waals surface area contributed by atoms with Crippen molar-refractivity contribution in [3.8, 4) is 0 Å². The molecule has 0 amide bonds. The van der Waals surface area contributed by atoms with Crippen LogP contribution in [0.25, 0.3) is 0 Å². The predicted molar refractivity (Wildman–Crippen MR) is 79.1 cm³/mol. The van der Waals surface area contributed by atoms with E-state index in [9.17, 15) is 0 Å². The highest BCUT2D eigenvalue weighted by Gasteiger charge is 2.08. The molecule has 2 rings (SSSR count). The largest absolute Gasteiger partial charge is 0.370 e. The molecule has 1 fully saturated rings. The third-order valence-corrected chi connectivity index (χ3v) is 3.63. The summed E-state index contributed by atoms with van der Waals surface area (Å²) in [6, 6.07) is 2.09. The normalized spacial score (nSPS) is 16.8. The molecule has 0 spiro atoms. The summed E-state index contributed by atoms with van der Waals surface area (Å²) >= 11 is 3.43. The third kappa shape index (κ3) is 4.23. The summed E-state index contributed by atoms with van der Waals surface area (Å²) in [4.78, 5) is 6.89. The molecule has 0 radical (unpaired) electrons. The summed E-state index contributed by atoms with van der Waals surface area (Å²) in [6.45, 7) is 8.84. The van der Waals surface area contributed by atoms with E-state index in [-0.39, 0.29) is 0 Å². The molecule has 4 nitrogen and oxygen atoms in total. The molecule has 1 aliphatic heterocycles. The van der Waals surface area contributed by atoms with Gasteiger partial charge in [0.25, 0.3) is 0 Å². The summed E-state index contributed by atoms with van der Waals surface area (Å²) in [5.74, 6) is 0.999. The van der Waals surface area contributed by atoms with Crippen LogP contribution < -0.4 is 10.6 Å². The number of halogens is 1. The quantitative estimate of drug-likeness (QED) is 0.814. The monoisotopic (exact) mass is 312 g/mol. The lowest BCUT2D eigenvalue weighted by Crippen LogP contribution is -2.44. The lowest BCUT2D eigenvalue weighted by molar-refractivity contribution is 0.240. The first kappa shape index (κ1) is 13.8. The minimum atomic E-state index is 0.986. The van der Waals surface area contributed by atoms with Crippen LogP contribution in [-0.4, -0.2) is 49.2 Å². The van der Waals surface area contributed by atoms with Crippen LogP contribution in [0.2, 0.25) is 0 Å². The van der Waals surface area contributed by atoms with Crippen molar-refractivity contribution in [1.29, 1.82) is 0 Å². The molecule has 0 atom stereocenters. The van der Waals surface area contributed by atoms with Gasteiger partial charge in [-0.15, -0.1) is 0 Å². The molecule has 1 aromatic rings. The topological polar surface area (TPSA) is 40.2 Å². The third-order valence-electron chi connectivity index (χ3n) is 3.20. The Bertz CT molecular complexity index is 377. The first-order chi connectivity index (χ1) is 8.75. The maximum atomic E-state index is 4.38. The zero-order chi connectivity index (χ0) is 12.8. The van der Waals surface area contributed by atoms with Gasteiger partial charge in [0, 0.05) is 43.4 Å².